The molecule has 0 amide bonds. The fraction of sp³-hybridized carbons (Fsp3) is 0.256. The average Bonchev–Trinajstić information content (AvgIpc) is 3.17. The lowest BCUT2D eigenvalue weighted by molar-refractivity contribution is -0.288. The molecule has 0 spiro atoms. The van der Waals surface area contributed by atoms with Crippen LogP contribution in [0.5, 0.6) is 23.0 Å². The van der Waals surface area contributed by atoms with Gasteiger partial charge in [-0.3, -0.25) is 9.59 Å². The van der Waals surface area contributed by atoms with Crippen LogP contribution in [0.3, 0.4) is 0 Å². The summed E-state index contributed by atoms with van der Waals surface area (Å²) in [5.74, 6) is -3.80. The van der Waals surface area contributed by atoms with Crippen LogP contribution in [0, 0.1) is 13.8 Å². The van der Waals surface area contributed by atoms with Crippen LogP contribution in [-0.2, 0) is 40.5 Å². The molecule has 4 aromatic carbocycles. The molecular formula is C43H38F6O10. The fourth-order valence-corrected chi connectivity index (χ4v) is 5.97. The molecule has 0 heterocycles. The number of alkyl halides is 6. The Hall–Kier alpha value is -6.58. The number of esters is 4. The summed E-state index contributed by atoms with van der Waals surface area (Å²) in [4.78, 5) is 48.0. The molecule has 59 heavy (non-hydrogen) atoms. The molecule has 312 valence electrons. The second-order valence-corrected chi connectivity index (χ2v) is 12.9. The highest BCUT2D eigenvalue weighted by Crippen LogP contribution is 2.56. The maximum atomic E-state index is 14.8. The van der Waals surface area contributed by atoms with Gasteiger partial charge in [-0.1, -0.05) is 49.6 Å². The molecule has 16 heteroatoms. The largest absolute Gasteiger partial charge is 0.457 e. The van der Waals surface area contributed by atoms with Gasteiger partial charge in [0.15, 0.2) is 0 Å². The van der Waals surface area contributed by atoms with Crippen LogP contribution in [0.15, 0.2) is 110 Å². The SMILES string of the molecule is C=CC(=O)OCOc1ccc(CCC(=O)Oc2ccc(C(c3ccc(OC(=O)C(C)c4ccc(OCOC(=O)C=C)cc4C)cc3)(C(F)(F)F)C(F)(F)F)cc2)c(C)c1. The van der Waals surface area contributed by atoms with E-state index in [1.54, 1.807) is 44.2 Å². The van der Waals surface area contributed by atoms with Gasteiger partial charge in [0.2, 0.25) is 19.0 Å². The molecule has 0 aliphatic heterocycles. The molecule has 0 fully saturated rings. The molecule has 0 saturated heterocycles. The topological polar surface area (TPSA) is 124 Å². The highest BCUT2D eigenvalue weighted by molar-refractivity contribution is 5.82. The second kappa shape index (κ2) is 19.2. The number of benzene rings is 4. The predicted octanol–water partition coefficient (Wildman–Crippen LogP) is 9.09. The normalized spacial score (nSPS) is 12.1. The third-order valence-electron chi connectivity index (χ3n) is 9.04. The minimum Gasteiger partial charge on any atom is -0.457 e. The molecule has 0 aromatic heterocycles. The number of aryl methyl sites for hydroxylation is 3. The van der Waals surface area contributed by atoms with Crippen LogP contribution in [0.25, 0.3) is 0 Å². The zero-order valence-electron chi connectivity index (χ0n) is 31.9. The third kappa shape index (κ3) is 11.1. The lowest BCUT2D eigenvalue weighted by atomic mass is 9.73. The monoisotopic (exact) mass is 828 g/mol. The van der Waals surface area contributed by atoms with Crippen molar-refractivity contribution < 1.29 is 73.9 Å². The quantitative estimate of drug-likeness (QED) is 0.0335. The molecule has 0 aliphatic carbocycles. The Kier molecular flexibility index (Phi) is 14.7. The fourth-order valence-electron chi connectivity index (χ4n) is 5.97. The van der Waals surface area contributed by atoms with Gasteiger partial charge in [-0.2, -0.15) is 26.3 Å². The lowest BCUT2D eigenvalue weighted by Gasteiger charge is -2.38. The van der Waals surface area contributed by atoms with Gasteiger partial charge in [0.05, 0.1) is 5.92 Å². The number of hydrogen-bond acceptors (Lipinski definition) is 10. The maximum Gasteiger partial charge on any atom is 0.411 e. The number of carbonyl (C=O) groups is 4. The smallest absolute Gasteiger partial charge is 0.411 e. The Morgan fingerprint density at radius 2 is 1.07 bits per heavy atom. The van der Waals surface area contributed by atoms with Crippen molar-refractivity contribution in [2.24, 2.45) is 0 Å². The first-order valence-electron chi connectivity index (χ1n) is 17.6. The molecular weight excluding hydrogens is 790 g/mol. The van der Waals surface area contributed by atoms with Gasteiger partial charge < -0.3 is 28.4 Å². The van der Waals surface area contributed by atoms with Crippen molar-refractivity contribution in [2.45, 2.75) is 57.3 Å². The van der Waals surface area contributed by atoms with Crippen LogP contribution >= 0.6 is 0 Å². The third-order valence-corrected chi connectivity index (χ3v) is 9.04. The summed E-state index contributed by atoms with van der Waals surface area (Å²) in [5, 5.41) is 0. The summed E-state index contributed by atoms with van der Waals surface area (Å²) < 4.78 is 120. The Morgan fingerprint density at radius 3 is 1.51 bits per heavy atom. The highest BCUT2D eigenvalue weighted by atomic mass is 19.4. The first-order valence-corrected chi connectivity index (χ1v) is 17.6. The number of hydrogen-bond donors (Lipinski definition) is 0. The van der Waals surface area contributed by atoms with E-state index < -0.39 is 65.5 Å². The molecule has 4 aromatic rings. The van der Waals surface area contributed by atoms with Crippen molar-refractivity contribution in [1.29, 1.82) is 0 Å². The number of halogens is 6. The number of rotatable bonds is 17. The van der Waals surface area contributed by atoms with Crippen LogP contribution in [0.2, 0.25) is 0 Å². The Balaban J connectivity index is 1.45. The molecule has 0 saturated carbocycles. The summed E-state index contributed by atoms with van der Waals surface area (Å²) >= 11 is 0. The molecule has 0 bridgehead atoms. The summed E-state index contributed by atoms with van der Waals surface area (Å²) in [6.45, 7) is 10.7. The standard InChI is InChI=1S/C43H38F6O10/c1-6-37(50)56-24-54-34-14-8-29(26(3)22-34)9-21-39(52)58-32-15-10-30(11-16-32)41(42(44,45)46,43(47,48)49)31-12-17-33(18-13-31)59-40(53)28(5)36-20-19-35(23-27(36)4)55-25-57-38(51)7-2/h6-8,10-20,22-23,28H,1-2,9,21,24-25H2,3-5H3. The van der Waals surface area contributed by atoms with E-state index in [1.165, 1.54) is 13.0 Å². The summed E-state index contributed by atoms with van der Waals surface area (Å²) in [7, 11) is 0. The molecule has 10 nitrogen and oxygen atoms in total. The van der Waals surface area contributed by atoms with Crippen LogP contribution in [0.4, 0.5) is 26.3 Å². The molecule has 1 unspecified atom stereocenters. The Morgan fingerprint density at radius 1 is 0.627 bits per heavy atom. The summed E-state index contributed by atoms with van der Waals surface area (Å²) in [5.41, 5.74) is -4.41. The zero-order valence-corrected chi connectivity index (χ0v) is 31.9. The molecule has 0 N–H and O–H groups in total. The molecule has 4 rings (SSSR count). The van der Waals surface area contributed by atoms with Gasteiger partial charge in [-0.15, -0.1) is 0 Å². The minimum atomic E-state index is -5.91. The number of ether oxygens (including phenoxy) is 6. The number of carbonyl (C=O) groups excluding carboxylic acids is 4. The van der Waals surface area contributed by atoms with E-state index in [1.807, 2.05) is 0 Å². The second-order valence-electron chi connectivity index (χ2n) is 12.9. The summed E-state index contributed by atoms with van der Waals surface area (Å²) in [6.07, 6.45) is -9.87. The zero-order chi connectivity index (χ0) is 43.5. The minimum absolute atomic E-state index is 0.179. The Labute approximate surface area is 334 Å². The van der Waals surface area contributed by atoms with Gasteiger partial charge in [0.25, 0.3) is 0 Å². The van der Waals surface area contributed by atoms with E-state index in [2.05, 4.69) is 13.2 Å². The van der Waals surface area contributed by atoms with E-state index in [-0.39, 0.29) is 31.1 Å². The lowest BCUT2D eigenvalue weighted by Crippen LogP contribution is -2.54. The van der Waals surface area contributed by atoms with Gasteiger partial charge in [-0.05, 0) is 109 Å². The average molecular weight is 829 g/mol. The highest BCUT2D eigenvalue weighted by Gasteiger charge is 2.72. The van der Waals surface area contributed by atoms with Crippen LogP contribution in [-0.4, -0.2) is 49.8 Å². The van der Waals surface area contributed by atoms with Gasteiger partial charge >= 0.3 is 36.2 Å². The van der Waals surface area contributed by atoms with Crippen LogP contribution in [0.1, 0.15) is 52.6 Å². The maximum absolute atomic E-state index is 14.8. The molecule has 0 radical (unpaired) electrons. The van der Waals surface area contributed by atoms with Crippen molar-refractivity contribution in [3.05, 3.63) is 144 Å². The van der Waals surface area contributed by atoms with Crippen molar-refractivity contribution >= 4 is 23.9 Å². The summed E-state index contributed by atoms with van der Waals surface area (Å²) in [6, 6.07) is 15.2. The van der Waals surface area contributed by atoms with E-state index in [4.69, 9.17) is 28.4 Å². The van der Waals surface area contributed by atoms with E-state index in [0.717, 1.165) is 47.5 Å². The van der Waals surface area contributed by atoms with Crippen molar-refractivity contribution in [2.75, 3.05) is 13.6 Å². The van der Waals surface area contributed by atoms with Crippen molar-refractivity contribution in [3.8, 4) is 23.0 Å². The molecule has 1 atom stereocenters. The Bertz CT molecular complexity index is 2150. The van der Waals surface area contributed by atoms with E-state index >= 15 is 0 Å². The van der Waals surface area contributed by atoms with Gasteiger partial charge in [0.1, 0.15) is 23.0 Å². The first kappa shape index (κ1) is 45.1. The first-order chi connectivity index (χ1) is 27.8. The van der Waals surface area contributed by atoms with Crippen molar-refractivity contribution in [3.63, 3.8) is 0 Å². The predicted molar refractivity (Wildman–Crippen MR) is 200 cm³/mol. The van der Waals surface area contributed by atoms with Crippen LogP contribution < -0.4 is 18.9 Å². The van der Waals surface area contributed by atoms with Gasteiger partial charge in [0, 0.05) is 18.6 Å². The van der Waals surface area contributed by atoms with Gasteiger partial charge in [-0.25, -0.2) is 9.59 Å². The molecule has 0 aliphatic rings. The van der Waals surface area contributed by atoms with E-state index in [9.17, 15) is 45.5 Å². The van der Waals surface area contributed by atoms with E-state index in [0.29, 0.717) is 46.9 Å². The van der Waals surface area contributed by atoms with Crippen molar-refractivity contribution in [1.82, 2.24) is 0 Å².